The van der Waals surface area contributed by atoms with E-state index in [0.717, 1.165) is 17.5 Å². The quantitative estimate of drug-likeness (QED) is 0.372. The largest absolute Gasteiger partial charge is 0.462 e. The number of likely N-dealkylation sites (tertiary alicyclic amines) is 1. The molecular weight excluding hydrogens is 457 g/mol. The highest BCUT2D eigenvalue weighted by Crippen LogP contribution is 2.41. The van der Waals surface area contributed by atoms with Gasteiger partial charge in [-0.3, -0.25) is 4.79 Å². The summed E-state index contributed by atoms with van der Waals surface area (Å²) in [6.45, 7) is 1.34. The van der Waals surface area contributed by atoms with Crippen LogP contribution in [0.1, 0.15) is 40.7 Å². The van der Waals surface area contributed by atoms with Crippen molar-refractivity contribution in [1.29, 1.82) is 0 Å². The smallest absolute Gasteiger partial charge is 0.338 e. The van der Waals surface area contributed by atoms with Gasteiger partial charge in [-0.1, -0.05) is 77.8 Å². The maximum Gasteiger partial charge on any atom is 0.338 e. The van der Waals surface area contributed by atoms with Gasteiger partial charge < -0.3 is 9.64 Å². The van der Waals surface area contributed by atoms with Crippen molar-refractivity contribution in [3.05, 3.63) is 106 Å². The first kappa shape index (κ1) is 23.3. The van der Waals surface area contributed by atoms with E-state index in [9.17, 15) is 9.59 Å². The normalized spacial score (nSPS) is 18.2. The van der Waals surface area contributed by atoms with E-state index in [0.29, 0.717) is 41.5 Å². The lowest BCUT2D eigenvalue weighted by Crippen LogP contribution is -2.51. The molecule has 3 aromatic carbocycles. The molecule has 1 aliphatic rings. The Kier molecular flexibility index (Phi) is 7.36. The van der Waals surface area contributed by atoms with Gasteiger partial charge in [0.25, 0.3) is 0 Å². The van der Waals surface area contributed by atoms with E-state index in [1.54, 1.807) is 36.4 Å². The van der Waals surface area contributed by atoms with Gasteiger partial charge in [0.05, 0.1) is 27.6 Å². The zero-order valence-corrected chi connectivity index (χ0v) is 19.7. The Hall–Kier alpha value is -2.82. The summed E-state index contributed by atoms with van der Waals surface area (Å²) in [5.74, 6) is -0.379. The van der Waals surface area contributed by atoms with Crippen molar-refractivity contribution in [3.63, 3.8) is 0 Å². The molecule has 0 radical (unpaired) electrons. The van der Waals surface area contributed by atoms with Gasteiger partial charge in [-0.15, -0.1) is 0 Å². The van der Waals surface area contributed by atoms with Crippen LogP contribution in [-0.4, -0.2) is 29.9 Å². The number of esters is 1. The highest BCUT2D eigenvalue weighted by Gasteiger charge is 2.45. The molecule has 1 amide bonds. The molecule has 1 atom stereocenters. The lowest BCUT2D eigenvalue weighted by molar-refractivity contribution is -0.142. The van der Waals surface area contributed by atoms with Gasteiger partial charge in [-0.25, -0.2) is 4.79 Å². The van der Waals surface area contributed by atoms with Crippen LogP contribution in [0.15, 0.2) is 78.9 Å². The van der Waals surface area contributed by atoms with Gasteiger partial charge >= 0.3 is 5.97 Å². The minimum absolute atomic E-state index is 0.0201. The van der Waals surface area contributed by atoms with E-state index >= 15 is 0 Å². The van der Waals surface area contributed by atoms with Crippen LogP contribution in [0.4, 0.5) is 0 Å². The number of carbonyl (C=O) groups is 2. The SMILES string of the molecule is O=C(OCCC1(c2ccc(Cl)c(Cl)c2)CCCN(Cc2ccccc2)C1=O)c1ccccc1. The average molecular weight is 482 g/mol. The first-order valence-corrected chi connectivity index (χ1v) is 11.8. The van der Waals surface area contributed by atoms with Gasteiger partial charge in [0.1, 0.15) is 0 Å². The lowest BCUT2D eigenvalue weighted by atomic mass is 9.71. The molecule has 4 rings (SSSR count). The van der Waals surface area contributed by atoms with Crippen molar-refractivity contribution in [2.24, 2.45) is 0 Å². The predicted octanol–water partition coefficient (Wildman–Crippen LogP) is 6.30. The molecular formula is C27H25Cl2NO3. The standard InChI is InChI=1S/C27H25Cl2NO3/c28-23-13-12-22(18-24(23)29)27(15-17-33-25(31)21-10-5-2-6-11-21)14-7-16-30(26(27)32)19-20-8-3-1-4-9-20/h1-6,8-13,18H,7,14-17,19H2. The lowest BCUT2D eigenvalue weighted by Gasteiger charge is -2.42. The fourth-order valence-corrected chi connectivity index (χ4v) is 4.75. The van der Waals surface area contributed by atoms with Gasteiger partial charge in [-0.05, 0) is 48.2 Å². The second-order valence-electron chi connectivity index (χ2n) is 8.28. The summed E-state index contributed by atoms with van der Waals surface area (Å²) in [4.78, 5) is 28.2. The second kappa shape index (κ2) is 10.4. The van der Waals surface area contributed by atoms with Crippen LogP contribution in [0.5, 0.6) is 0 Å². The monoisotopic (exact) mass is 481 g/mol. The third kappa shape index (κ3) is 5.23. The molecule has 1 saturated heterocycles. The summed E-state index contributed by atoms with van der Waals surface area (Å²) in [5.41, 5.74) is 1.53. The highest BCUT2D eigenvalue weighted by molar-refractivity contribution is 6.42. The van der Waals surface area contributed by atoms with E-state index in [4.69, 9.17) is 27.9 Å². The maximum atomic E-state index is 13.9. The third-order valence-electron chi connectivity index (χ3n) is 6.19. The van der Waals surface area contributed by atoms with Crippen molar-refractivity contribution in [2.75, 3.05) is 13.2 Å². The number of ether oxygens (including phenoxy) is 1. The van der Waals surface area contributed by atoms with Gasteiger partial charge in [0.2, 0.25) is 5.91 Å². The zero-order chi connectivity index (χ0) is 23.3. The van der Waals surface area contributed by atoms with Crippen LogP contribution in [0.3, 0.4) is 0 Å². The van der Waals surface area contributed by atoms with E-state index in [1.807, 2.05) is 47.4 Å². The number of nitrogens with zero attached hydrogens (tertiary/aromatic N) is 1. The molecule has 3 aromatic rings. The van der Waals surface area contributed by atoms with Crippen molar-refractivity contribution >= 4 is 35.1 Å². The number of halogens is 2. The molecule has 1 unspecified atom stereocenters. The van der Waals surface area contributed by atoms with Crippen LogP contribution < -0.4 is 0 Å². The molecule has 1 heterocycles. The molecule has 0 saturated carbocycles. The Morgan fingerprint density at radius 3 is 2.33 bits per heavy atom. The minimum atomic E-state index is -0.835. The van der Waals surface area contributed by atoms with Crippen LogP contribution >= 0.6 is 23.2 Å². The summed E-state index contributed by atoms with van der Waals surface area (Å²) in [6, 6.07) is 24.1. The number of hydrogen-bond acceptors (Lipinski definition) is 3. The molecule has 0 aromatic heterocycles. The number of piperidine rings is 1. The van der Waals surface area contributed by atoms with Gasteiger partial charge in [-0.2, -0.15) is 0 Å². The Labute approximate surface area is 204 Å². The van der Waals surface area contributed by atoms with Crippen molar-refractivity contribution in [3.8, 4) is 0 Å². The van der Waals surface area contributed by atoms with Crippen LogP contribution in [-0.2, 0) is 21.5 Å². The molecule has 6 heteroatoms. The first-order valence-electron chi connectivity index (χ1n) is 11.0. The molecule has 1 fully saturated rings. The molecule has 33 heavy (non-hydrogen) atoms. The Morgan fingerprint density at radius 1 is 0.939 bits per heavy atom. The minimum Gasteiger partial charge on any atom is -0.462 e. The molecule has 170 valence electrons. The number of rotatable bonds is 7. The van der Waals surface area contributed by atoms with Gasteiger partial charge in [0, 0.05) is 19.5 Å². The van der Waals surface area contributed by atoms with Crippen molar-refractivity contribution in [1.82, 2.24) is 4.90 Å². The maximum absolute atomic E-state index is 13.9. The van der Waals surface area contributed by atoms with Crippen molar-refractivity contribution in [2.45, 2.75) is 31.2 Å². The van der Waals surface area contributed by atoms with Gasteiger partial charge in [0.15, 0.2) is 0 Å². The highest BCUT2D eigenvalue weighted by atomic mass is 35.5. The molecule has 0 N–H and O–H groups in total. The second-order valence-corrected chi connectivity index (χ2v) is 9.09. The molecule has 1 aliphatic heterocycles. The topological polar surface area (TPSA) is 46.6 Å². The first-order chi connectivity index (χ1) is 16.0. The fraction of sp³-hybridized carbons (Fsp3) is 0.259. The van der Waals surface area contributed by atoms with Crippen LogP contribution in [0.2, 0.25) is 10.0 Å². The van der Waals surface area contributed by atoms with E-state index in [-0.39, 0.29) is 12.5 Å². The third-order valence-corrected chi connectivity index (χ3v) is 6.93. The Balaban J connectivity index is 1.59. The average Bonchev–Trinajstić information content (AvgIpc) is 2.84. The number of benzene rings is 3. The number of hydrogen-bond donors (Lipinski definition) is 0. The van der Waals surface area contributed by atoms with Crippen LogP contribution in [0, 0.1) is 0 Å². The Morgan fingerprint density at radius 2 is 1.64 bits per heavy atom. The summed E-state index contributed by atoms with van der Waals surface area (Å²) in [5, 5.41) is 0.846. The van der Waals surface area contributed by atoms with E-state index in [2.05, 4.69) is 0 Å². The van der Waals surface area contributed by atoms with E-state index in [1.165, 1.54) is 0 Å². The summed E-state index contributed by atoms with van der Waals surface area (Å²) in [6.07, 6.45) is 1.86. The van der Waals surface area contributed by atoms with Crippen LogP contribution in [0.25, 0.3) is 0 Å². The zero-order valence-electron chi connectivity index (χ0n) is 18.2. The number of amides is 1. The molecule has 0 bridgehead atoms. The summed E-state index contributed by atoms with van der Waals surface area (Å²) in [7, 11) is 0. The predicted molar refractivity (Wildman–Crippen MR) is 131 cm³/mol. The summed E-state index contributed by atoms with van der Waals surface area (Å²) < 4.78 is 5.56. The molecule has 0 aliphatic carbocycles. The Bertz CT molecular complexity index is 1120. The van der Waals surface area contributed by atoms with E-state index < -0.39 is 11.4 Å². The molecule has 4 nitrogen and oxygen atoms in total. The summed E-state index contributed by atoms with van der Waals surface area (Å²) >= 11 is 12.5. The van der Waals surface area contributed by atoms with Crippen molar-refractivity contribution < 1.29 is 14.3 Å². The fourth-order valence-electron chi connectivity index (χ4n) is 4.45. The molecule has 0 spiro atoms. The number of carbonyl (C=O) groups excluding carboxylic acids is 2.